The van der Waals surface area contributed by atoms with Crippen LogP contribution in [-0.2, 0) is 4.79 Å². The summed E-state index contributed by atoms with van der Waals surface area (Å²) < 4.78 is 5.72. The van der Waals surface area contributed by atoms with E-state index in [9.17, 15) is 4.79 Å². The average molecular weight is 430 g/mol. The molecule has 0 saturated heterocycles. The van der Waals surface area contributed by atoms with E-state index in [-0.39, 0.29) is 5.91 Å². The van der Waals surface area contributed by atoms with Gasteiger partial charge in [-0.2, -0.15) is 0 Å². The fourth-order valence-corrected chi connectivity index (χ4v) is 4.37. The van der Waals surface area contributed by atoms with Crippen molar-refractivity contribution in [2.24, 2.45) is 0 Å². The lowest BCUT2D eigenvalue weighted by atomic mass is 10.1. The summed E-state index contributed by atoms with van der Waals surface area (Å²) in [5.74, 6) is 1.10. The van der Waals surface area contributed by atoms with Gasteiger partial charge in [-0.05, 0) is 43.4 Å². The van der Waals surface area contributed by atoms with Gasteiger partial charge in [0.2, 0.25) is 5.91 Å². The first kappa shape index (κ1) is 21.7. The molecule has 0 atom stereocenters. The van der Waals surface area contributed by atoms with E-state index in [4.69, 9.17) is 4.42 Å². The van der Waals surface area contributed by atoms with Crippen molar-refractivity contribution in [3.63, 3.8) is 0 Å². The van der Waals surface area contributed by atoms with Crippen LogP contribution >= 0.6 is 23.5 Å². The van der Waals surface area contributed by atoms with Crippen LogP contribution in [0, 0.1) is 0 Å². The van der Waals surface area contributed by atoms with E-state index >= 15 is 0 Å². The Hall–Kier alpha value is -1.99. The van der Waals surface area contributed by atoms with Crippen LogP contribution < -0.4 is 5.32 Å². The zero-order chi connectivity index (χ0) is 20.3. The van der Waals surface area contributed by atoms with Crippen LogP contribution in [0.25, 0.3) is 11.1 Å². The van der Waals surface area contributed by atoms with E-state index in [1.165, 1.54) is 19.3 Å². The molecule has 0 unspecified atom stereocenters. The van der Waals surface area contributed by atoms with E-state index in [2.05, 4.69) is 15.3 Å². The molecule has 0 radical (unpaired) electrons. The number of pyridine rings is 1. The Morgan fingerprint density at radius 1 is 1.03 bits per heavy atom. The number of nitrogens with zero attached hydrogens (tertiary/aromatic N) is 2. The molecule has 0 aliphatic rings. The fourth-order valence-electron chi connectivity index (χ4n) is 3.03. The highest BCUT2D eigenvalue weighted by Gasteiger charge is 2.07. The summed E-state index contributed by atoms with van der Waals surface area (Å²) in [5, 5.41) is 4.58. The third-order valence-electron chi connectivity index (χ3n) is 4.54. The molecule has 0 aliphatic heterocycles. The second kappa shape index (κ2) is 11.9. The number of carbonyl (C=O) groups is 1. The molecule has 3 rings (SSSR count). The third-order valence-corrected chi connectivity index (χ3v) is 6.16. The molecule has 3 aromatic rings. The molecule has 2 aromatic heterocycles. The minimum absolute atomic E-state index is 0.0723. The molecule has 0 aliphatic carbocycles. The minimum Gasteiger partial charge on any atom is -0.431 e. The van der Waals surface area contributed by atoms with Crippen molar-refractivity contribution in [1.82, 2.24) is 9.97 Å². The number of benzene rings is 1. The number of oxazole rings is 1. The van der Waals surface area contributed by atoms with Gasteiger partial charge in [0.1, 0.15) is 10.5 Å². The molecule has 2 heterocycles. The number of anilines is 1. The van der Waals surface area contributed by atoms with E-state index < -0.39 is 0 Å². The minimum atomic E-state index is 0.0723. The normalized spacial score (nSPS) is 11.1. The molecular weight excluding hydrogens is 402 g/mol. The number of amides is 1. The molecular formula is C22H27N3O2S2. The smallest absolute Gasteiger partial charge is 0.256 e. The van der Waals surface area contributed by atoms with Crippen molar-refractivity contribution in [3.05, 3.63) is 42.6 Å². The summed E-state index contributed by atoms with van der Waals surface area (Å²) >= 11 is 3.23. The van der Waals surface area contributed by atoms with Crippen molar-refractivity contribution < 1.29 is 9.21 Å². The molecule has 1 aromatic carbocycles. The number of carbonyl (C=O) groups excluding carboxylic acids is 1. The van der Waals surface area contributed by atoms with Crippen molar-refractivity contribution in [2.75, 3.05) is 17.3 Å². The number of thioether (sulfide) groups is 2. The Kier molecular flexibility index (Phi) is 8.89. The Labute approximate surface area is 180 Å². The van der Waals surface area contributed by atoms with Crippen molar-refractivity contribution >= 4 is 46.2 Å². The van der Waals surface area contributed by atoms with Crippen molar-refractivity contribution in [1.29, 1.82) is 0 Å². The molecule has 154 valence electrons. The highest BCUT2D eigenvalue weighted by atomic mass is 32.2. The lowest BCUT2D eigenvalue weighted by Gasteiger charge is -2.08. The van der Waals surface area contributed by atoms with Crippen molar-refractivity contribution in [2.45, 2.75) is 55.2 Å². The summed E-state index contributed by atoms with van der Waals surface area (Å²) in [6.45, 7) is 0. The highest BCUT2D eigenvalue weighted by molar-refractivity contribution is 7.99. The predicted molar refractivity (Wildman–Crippen MR) is 122 cm³/mol. The maximum atomic E-state index is 12.1. The lowest BCUT2D eigenvalue weighted by Crippen LogP contribution is -2.12. The number of para-hydroxylation sites is 2. The summed E-state index contributed by atoms with van der Waals surface area (Å²) in [7, 11) is 0. The Morgan fingerprint density at radius 2 is 1.83 bits per heavy atom. The van der Waals surface area contributed by atoms with Crippen molar-refractivity contribution in [3.8, 4) is 0 Å². The van der Waals surface area contributed by atoms with E-state index in [0.717, 1.165) is 52.1 Å². The first-order valence-electron chi connectivity index (χ1n) is 10.0. The standard InChI is InChI=1S/C22H27N3O2S2/c1-28-21-18(12-10-15-23-21)24-20(26)14-6-4-2-3-5-9-16-29-22-25-17-11-7-8-13-19(17)27-22/h7-8,10-13,15H,2-6,9,14,16H2,1H3,(H,24,26). The topological polar surface area (TPSA) is 68.0 Å². The monoisotopic (exact) mass is 429 g/mol. The second-order valence-electron chi connectivity index (χ2n) is 6.78. The van der Waals surface area contributed by atoms with Gasteiger partial charge in [0, 0.05) is 18.4 Å². The van der Waals surface area contributed by atoms with Gasteiger partial charge >= 0.3 is 0 Å². The zero-order valence-electron chi connectivity index (χ0n) is 16.7. The van der Waals surface area contributed by atoms with Gasteiger partial charge in [-0.3, -0.25) is 4.79 Å². The van der Waals surface area contributed by atoms with E-state index in [1.54, 1.807) is 29.7 Å². The van der Waals surface area contributed by atoms with E-state index in [1.807, 2.05) is 42.7 Å². The maximum Gasteiger partial charge on any atom is 0.256 e. The SMILES string of the molecule is CSc1ncccc1NC(=O)CCCCCCCCSc1nc2ccccc2o1. The van der Waals surface area contributed by atoms with Gasteiger partial charge in [-0.15, -0.1) is 11.8 Å². The molecule has 0 fully saturated rings. The third kappa shape index (κ3) is 7.08. The van der Waals surface area contributed by atoms with Gasteiger partial charge < -0.3 is 9.73 Å². The number of hydrogen-bond donors (Lipinski definition) is 1. The van der Waals surface area contributed by atoms with Gasteiger partial charge in [0.25, 0.3) is 5.22 Å². The number of unbranched alkanes of at least 4 members (excludes halogenated alkanes) is 5. The summed E-state index contributed by atoms with van der Waals surface area (Å²) in [5.41, 5.74) is 2.58. The number of aromatic nitrogens is 2. The first-order valence-corrected chi connectivity index (χ1v) is 12.2. The van der Waals surface area contributed by atoms with Crippen LogP contribution in [0.5, 0.6) is 0 Å². The Morgan fingerprint density at radius 3 is 2.66 bits per heavy atom. The summed E-state index contributed by atoms with van der Waals surface area (Å²) in [4.78, 5) is 20.8. The van der Waals surface area contributed by atoms with E-state index in [0.29, 0.717) is 6.42 Å². The van der Waals surface area contributed by atoms with Gasteiger partial charge in [-0.1, -0.05) is 49.6 Å². The van der Waals surface area contributed by atoms with Gasteiger partial charge in [0.05, 0.1) is 5.69 Å². The number of nitrogens with one attached hydrogen (secondary N) is 1. The average Bonchev–Trinajstić information content (AvgIpc) is 3.16. The predicted octanol–water partition coefficient (Wildman–Crippen LogP) is 6.41. The van der Waals surface area contributed by atoms with Crippen LogP contribution in [0.15, 0.2) is 57.3 Å². The molecule has 1 amide bonds. The van der Waals surface area contributed by atoms with Crippen LogP contribution in [0.1, 0.15) is 44.9 Å². The molecule has 29 heavy (non-hydrogen) atoms. The maximum absolute atomic E-state index is 12.1. The highest BCUT2D eigenvalue weighted by Crippen LogP contribution is 2.24. The van der Waals surface area contributed by atoms with Crippen LogP contribution in [-0.4, -0.2) is 27.9 Å². The zero-order valence-corrected chi connectivity index (χ0v) is 18.4. The molecule has 1 N–H and O–H groups in total. The largest absolute Gasteiger partial charge is 0.431 e. The van der Waals surface area contributed by atoms with Crippen LogP contribution in [0.3, 0.4) is 0 Å². The number of rotatable bonds is 12. The first-order chi connectivity index (χ1) is 14.3. The number of hydrogen-bond acceptors (Lipinski definition) is 6. The fraction of sp³-hybridized carbons (Fsp3) is 0.409. The number of fused-ring (bicyclic) bond motifs is 1. The summed E-state index contributed by atoms with van der Waals surface area (Å²) in [6, 6.07) is 11.6. The van der Waals surface area contributed by atoms with Gasteiger partial charge in [-0.25, -0.2) is 9.97 Å². The molecule has 0 spiro atoms. The molecule has 5 nitrogen and oxygen atoms in total. The summed E-state index contributed by atoms with van der Waals surface area (Å²) in [6.07, 6.45) is 11.0. The molecule has 0 bridgehead atoms. The second-order valence-corrected chi connectivity index (χ2v) is 8.62. The lowest BCUT2D eigenvalue weighted by molar-refractivity contribution is -0.116. The Balaban J connectivity index is 1.21. The molecule has 0 saturated carbocycles. The van der Waals surface area contributed by atoms with Gasteiger partial charge in [0.15, 0.2) is 5.58 Å². The quantitative estimate of drug-likeness (QED) is 0.265. The molecule has 7 heteroatoms. The Bertz CT molecular complexity index is 881. The van der Waals surface area contributed by atoms with Crippen LogP contribution in [0.4, 0.5) is 5.69 Å². The van der Waals surface area contributed by atoms with Crippen LogP contribution in [0.2, 0.25) is 0 Å².